The van der Waals surface area contributed by atoms with Crippen molar-refractivity contribution in [2.75, 3.05) is 26.2 Å². The lowest BCUT2D eigenvalue weighted by Gasteiger charge is -2.17. The Morgan fingerprint density at radius 1 is 1.35 bits per heavy atom. The van der Waals surface area contributed by atoms with E-state index < -0.39 is 0 Å². The van der Waals surface area contributed by atoms with Gasteiger partial charge in [0.1, 0.15) is 11.3 Å². The number of aromatic nitrogens is 2. The zero-order chi connectivity index (χ0) is 14.5. The average molecular weight is 274 g/mol. The lowest BCUT2D eigenvalue weighted by molar-refractivity contribution is 0.0944. The van der Waals surface area contributed by atoms with Gasteiger partial charge in [0, 0.05) is 19.3 Å². The van der Waals surface area contributed by atoms with Gasteiger partial charge < -0.3 is 14.6 Å². The van der Waals surface area contributed by atoms with Crippen LogP contribution in [0.3, 0.4) is 0 Å². The number of nitrogens with one attached hydrogen (secondary N) is 1. The molecule has 0 spiro atoms. The number of nitrogens with zero attached hydrogens (tertiary/aromatic N) is 3. The van der Waals surface area contributed by atoms with Crippen molar-refractivity contribution in [3.63, 3.8) is 0 Å². The Morgan fingerprint density at radius 2 is 2.10 bits per heavy atom. The summed E-state index contributed by atoms with van der Waals surface area (Å²) in [6.07, 6.45) is 1.92. The third-order valence-corrected chi connectivity index (χ3v) is 3.59. The summed E-state index contributed by atoms with van der Waals surface area (Å²) in [5, 5.41) is 2.94. The van der Waals surface area contributed by atoms with Crippen LogP contribution in [-0.2, 0) is 0 Å². The fraction of sp³-hybridized carbons (Fsp3) is 0.467. The van der Waals surface area contributed by atoms with E-state index in [0.717, 1.165) is 31.0 Å². The van der Waals surface area contributed by atoms with Gasteiger partial charge in [0.2, 0.25) is 0 Å². The number of carbonyl (C=O) groups is 1. The molecule has 5 nitrogen and oxygen atoms in total. The SMILES string of the molecule is CCN(CC)CCNC(=O)c1nc2ccccn2c1C. The molecule has 2 aromatic heterocycles. The molecular formula is C15H22N4O. The number of hydrogen-bond acceptors (Lipinski definition) is 3. The second-order valence-corrected chi connectivity index (χ2v) is 4.76. The van der Waals surface area contributed by atoms with Crippen molar-refractivity contribution in [2.45, 2.75) is 20.8 Å². The third kappa shape index (κ3) is 2.99. The van der Waals surface area contributed by atoms with E-state index in [1.807, 2.05) is 35.7 Å². The lowest BCUT2D eigenvalue weighted by Crippen LogP contribution is -2.35. The lowest BCUT2D eigenvalue weighted by atomic mass is 10.3. The minimum Gasteiger partial charge on any atom is -0.349 e. The fourth-order valence-electron chi connectivity index (χ4n) is 2.28. The standard InChI is InChI=1S/C15H22N4O/c1-4-18(5-2)11-9-16-15(20)14-12(3)19-10-7-6-8-13(19)17-14/h6-8,10H,4-5,9,11H2,1-3H3,(H,16,20). The normalized spacial score (nSPS) is 11.2. The molecule has 0 aliphatic carbocycles. The molecule has 0 atom stereocenters. The molecular weight excluding hydrogens is 252 g/mol. The molecule has 1 N–H and O–H groups in total. The number of fused-ring (bicyclic) bond motifs is 1. The first-order chi connectivity index (χ1) is 9.67. The van der Waals surface area contributed by atoms with Gasteiger partial charge in [0.15, 0.2) is 0 Å². The topological polar surface area (TPSA) is 49.6 Å². The van der Waals surface area contributed by atoms with E-state index in [1.54, 1.807) is 0 Å². The van der Waals surface area contributed by atoms with Crippen LogP contribution in [0.25, 0.3) is 5.65 Å². The first kappa shape index (κ1) is 14.5. The average Bonchev–Trinajstić information content (AvgIpc) is 2.81. The summed E-state index contributed by atoms with van der Waals surface area (Å²) in [4.78, 5) is 18.9. The van der Waals surface area contributed by atoms with Gasteiger partial charge in [-0.2, -0.15) is 0 Å². The maximum Gasteiger partial charge on any atom is 0.271 e. The van der Waals surface area contributed by atoms with Crippen molar-refractivity contribution in [3.8, 4) is 0 Å². The summed E-state index contributed by atoms with van der Waals surface area (Å²) in [5.74, 6) is -0.0987. The molecule has 0 aromatic carbocycles. The van der Waals surface area contributed by atoms with Crippen molar-refractivity contribution >= 4 is 11.6 Å². The van der Waals surface area contributed by atoms with Crippen LogP contribution < -0.4 is 5.32 Å². The number of amides is 1. The highest BCUT2D eigenvalue weighted by Crippen LogP contribution is 2.11. The molecule has 5 heteroatoms. The van der Waals surface area contributed by atoms with Crippen LogP contribution >= 0.6 is 0 Å². The Bertz CT molecular complexity index is 587. The molecule has 0 radical (unpaired) electrons. The highest BCUT2D eigenvalue weighted by Gasteiger charge is 2.15. The summed E-state index contributed by atoms with van der Waals surface area (Å²) in [5.41, 5.74) is 2.19. The zero-order valence-corrected chi connectivity index (χ0v) is 12.4. The minimum absolute atomic E-state index is 0.0987. The molecule has 0 saturated heterocycles. The Kier molecular flexibility index (Phi) is 4.74. The molecule has 20 heavy (non-hydrogen) atoms. The highest BCUT2D eigenvalue weighted by atomic mass is 16.1. The van der Waals surface area contributed by atoms with Crippen LogP contribution in [0, 0.1) is 6.92 Å². The van der Waals surface area contributed by atoms with Gasteiger partial charge in [-0.15, -0.1) is 0 Å². The van der Waals surface area contributed by atoms with Crippen LogP contribution in [-0.4, -0.2) is 46.4 Å². The van der Waals surface area contributed by atoms with Crippen LogP contribution in [0.1, 0.15) is 30.0 Å². The van der Waals surface area contributed by atoms with Crippen molar-refractivity contribution in [3.05, 3.63) is 35.8 Å². The Hall–Kier alpha value is -1.88. The maximum atomic E-state index is 12.2. The predicted octanol–water partition coefficient (Wildman–Crippen LogP) is 1.71. The van der Waals surface area contributed by atoms with Gasteiger partial charge in [-0.3, -0.25) is 4.79 Å². The predicted molar refractivity (Wildman–Crippen MR) is 80.1 cm³/mol. The first-order valence-corrected chi connectivity index (χ1v) is 7.11. The van der Waals surface area contributed by atoms with E-state index in [-0.39, 0.29) is 5.91 Å². The third-order valence-electron chi connectivity index (χ3n) is 3.59. The summed E-state index contributed by atoms with van der Waals surface area (Å²) < 4.78 is 1.93. The second kappa shape index (κ2) is 6.52. The van der Waals surface area contributed by atoms with Gasteiger partial charge in [-0.1, -0.05) is 19.9 Å². The number of aryl methyl sites for hydroxylation is 1. The van der Waals surface area contributed by atoms with Gasteiger partial charge in [-0.25, -0.2) is 4.98 Å². The van der Waals surface area contributed by atoms with E-state index in [0.29, 0.717) is 12.2 Å². The van der Waals surface area contributed by atoms with E-state index in [2.05, 4.69) is 29.0 Å². The number of imidazole rings is 1. The molecule has 0 bridgehead atoms. The molecule has 2 aromatic rings. The Morgan fingerprint density at radius 3 is 2.75 bits per heavy atom. The number of carbonyl (C=O) groups excluding carboxylic acids is 1. The molecule has 108 valence electrons. The number of hydrogen-bond donors (Lipinski definition) is 1. The molecule has 0 aliphatic rings. The van der Waals surface area contributed by atoms with E-state index in [1.165, 1.54) is 0 Å². The van der Waals surface area contributed by atoms with Gasteiger partial charge in [-0.05, 0) is 32.1 Å². The van der Waals surface area contributed by atoms with Crippen LogP contribution in [0.15, 0.2) is 24.4 Å². The van der Waals surface area contributed by atoms with Crippen molar-refractivity contribution < 1.29 is 4.79 Å². The quantitative estimate of drug-likeness (QED) is 0.872. The Labute approximate surface area is 119 Å². The molecule has 0 fully saturated rings. The van der Waals surface area contributed by atoms with Crippen LogP contribution in [0.2, 0.25) is 0 Å². The van der Waals surface area contributed by atoms with Crippen molar-refractivity contribution in [1.29, 1.82) is 0 Å². The van der Waals surface area contributed by atoms with E-state index >= 15 is 0 Å². The fourth-order valence-corrected chi connectivity index (χ4v) is 2.28. The second-order valence-electron chi connectivity index (χ2n) is 4.76. The molecule has 0 aliphatic heterocycles. The summed E-state index contributed by atoms with van der Waals surface area (Å²) in [6.45, 7) is 9.67. The summed E-state index contributed by atoms with van der Waals surface area (Å²) in [7, 11) is 0. The number of rotatable bonds is 6. The van der Waals surface area contributed by atoms with Crippen LogP contribution in [0.5, 0.6) is 0 Å². The van der Waals surface area contributed by atoms with Crippen molar-refractivity contribution in [2.24, 2.45) is 0 Å². The molecule has 0 unspecified atom stereocenters. The first-order valence-electron chi connectivity index (χ1n) is 7.11. The maximum absolute atomic E-state index is 12.2. The van der Waals surface area contributed by atoms with E-state index in [4.69, 9.17) is 0 Å². The van der Waals surface area contributed by atoms with Crippen LogP contribution in [0.4, 0.5) is 0 Å². The smallest absolute Gasteiger partial charge is 0.271 e. The summed E-state index contributed by atoms with van der Waals surface area (Å²) in [6, 6.07) is 5.76. The minimum atomic E-state index is -0.0987. The van der Waals surface area contributed by atoms with Crippen molar-refractivity contribution in [1.82, 2.24) is 19.6 Å². The Balaban J connectivity index is 2.03. The molecule has 0 saturated carbocycles. The largest absolute Gasteiger partial charge is 0.349 e. The molecule has 2 rings (SSSR count). The number of likely N-dealkylation sites (N-methyl/N-ethyl adjacent to an activating group) is 1. The van der Waals surface area contributed by atoms with Gasteiger partial charge in [0.25, 0.3) is 5.91 Å². The summed E-state index contributed by atoms with van der Waals surface area (Å²) >= 11 is 0. The monoisotopic (exact) mass is 274 g/mol. The molecule has 1 amide bonds. The highest BCUT2D eigenvalue weighted by molar-refractivity contribution is 5.94. The van der Waals surface area contributed by atoms with Gasteiger partial charge >= 0.3 is 0 Å². The zero-order valence-electron chi connectivity index (χ0n) is 12.4. The van der Waals surface area contributed by atoms with E-state index in [9.17, 15) is 4.79 Å². The molecule has 2 heterocycles. The number of pyridine rings is 1. The van der Waals surface area contributed by atoms with Gasteiger partial charge in [0.05, 0.1) is 5.69 Å².